The van der Waals surface area contributed by atoms with Crippen molar-refractivity contribution in [2.45, 2.75) is 58.6 Å². The summed E-state index contributed by atoms with van der Waals surface area (Å²) in [5.74, 6) is 2.22. The van der Waals surface area contributed by atoms with Crippen molar-refractivity contribution in [3.63, 3.8) is 0 Å². The molecule has 1 aliphatic heterocycles. The summed E-state index contributed by atoms with van der Waals surface area (Å²) in [6.45, 7) is 8.12. The molecule has 0 aromatic heterocycles. The number of benzene rings is 1. The van der Waals surface area contributed by atoms with Gasteiger partial charge in [-0.05, 0) is 76.7 Å². The lowest BCUT2D eigenvalue weighted by Gasteiger charge is -2.23. The molecule has 0 aliphatic carbocycles. The van der Waals surface area contributed by atoms with Crippen molar-refractivity contribution in [3.05, 3.63) is 23.8 Å². The highest BCUT2D eigenvalue weighted by molar-refractivity contribution is 5.76. The highest BCUT2D eigenvalue weighted by Gasteiger charge is 2.17. The van der Waals surface area contributed by atoms with Crippen LogP contribution >= 0.6 is 0 Å². The molecule has 2 rings (SSSR count). The third-order valence-corrected chi connectivity index (χ3v) is 4.67. The minimum atomic E-state index is -0.0532. The van der Waals surface area contributed by atoms with Gasteiger partial charge in [-0.25, -0.2) is 0 Å². The molecule has 5 nitrogen and oxygen atoms in total. The van der Waals surface area contributed by atoms with Crippen LogP contribution in [0, 0.1) is 5.92 Å². The molecular weight excluding hydrogens is 316 g/mol. The number of hydrogen-bond donors (Lipinski definition) is 2. The first-order valence-electron chi connectivity index (χ1n) is 9.34. The molecular formula is C20H32N2O3. The van der Waals surface area contributed by atoms with Crippen molar-refractivity contribution in [1.82, 2.24) is 10.6 Å². The Balaban J connectivity index is 1.88. The number of nitrogens with one attached hydrogen (secondary N) is 2. The van der Waals surface area contributed by atoms with E-state index < -0.39 is 0 Å². The molecule has 1 unspecified atom stereocenters. The molecule has 5 heteroatoms. The number of methoxy groups -OCH3 is 1. The maximum atomic E-state index is 12.3. The predicted molar refractivity (Wildman–Crippen MR) is 100 cm³/mol. The molecule has 1 heterocycles. The fraction of sp³-hybridized carbons (Fsp3) is 0.650. The van der Waals surface area contributed by atoms with Gasteiger partial charge in [0.1, 0.15) is 0 Å². The van der Waals surface area contributed by atoms with Gasteiger partial charge < -0.3 is 20.1 Å². The van der Waals surface area contributed by atoms with Crippen molar-refractivity contribution in [1.29, 1.82) is 0 Å². The van der Waals surface area contributed by atoms with Crippen LogP contribution in [-0.4, -0.2) is 32.2 Å². The zero-order valence-corrected chi connectivity index (χ0v) is 15.9. The predicted octanol–water partition coefficient (Wildman–Crippen LogP) is 3.44. The van der Waals surface area contributed by atoms with Gasteiger partial charge in [0.2, 0.25) is 5.91 Å². The van der Waals surface area contributed by atoms with Crippen LogP contribution in [0.1, 0.15) is 58.1 Å². The van der Waals surface area contributed by atoms with Gasteiger partial charge in [0.15, 0.2) is 11.5 Å². The van der Waals surface area contributed by atoms with Crippen LogP contribution < -0.4 is 20.1 Å². The summed E-state index contributed by atoms with van der Waals surface area (Å²) >= 11 is 0. The van der Waals surface area contributed by atoms with E-state index in [4.69, 9.17) is 9.47 Å². The lowest BCUT2D eigenvalue weighted by atomic mass is 9.93. The SMILES string of the molecule is COc1cc(C(C)NC(=O)CCC2CCNCC2)ccc1OC(C)C. The molecule has 1 saturated heterocycles. The molecule has 0 radical (unpaired) electrons. The Morgan fingerprint density at radius 1 is 1.24 bits per heavy atom. The quantitative estimate of drug-likeness (QED) is 0.755. The monoisotopic (exact) mass is 348 g/mol. The average Bonchev–Trinajstić information content (AvgIpc) is 2.60. The third kappa shape index (κ3) is 6.24. The molecule has 1 fully saturated rings. The standard InChI is InChI=1S/C20H32N2O3/c1-14(2)25-18-7-6-17(13-19(18)24-4)15(3)22-20(23)8-5-16-9-11-21-12-10-16/h6-7,13-16,21H,5,8-12H2,1-4H3,(H,22,23). The van der Waals surface area contributed by atoms with Crippen molar-refractivity contribution in [2.75, 3.05) is 20.2 Å². The lowest BCUT2D eigenvalue weighted by molar-refractivity contribution is -0.122. The molecule has 1 amide bonds. The van der Waals surface area contributed by atoms with Crippen LogP contribution in [0.2, 0.25) is 0 Å². The van der Waals surface area contributed by atoms with Crippen LogP contribution in [0.5, 0.6) is 11.5 Å². The third-order valence-electron chi connectivity index (χ3n) is 4.67. The normalized spacial score (nSPS) is 16.5. The summed E-state index contributed by atoms with van der Waals surface area (Å²) in [7, 11) is 1.63. The number of carbonyl (C=O) groups excluding carboxylic acids is 1. The largest absolute Gasteiger partial charge is 0.493 e. The first kappa shape index (κ1) is 19.6. The van der Waals surface area contributed by atoms with Crippen LogP contribution in [0.3, 0.4) is 0 Å². The molecule has 1 atom stereocenters. The highest BCUT2D eigenvalue weighted by atomic mass is 16.5. The van der Waals surface area contributed by atoms with Crippen molar-refractivity contribution >= 4 is 5.91 Å². The van der Waals surface area contributed by atoms with Gasteiger partial charge in [0, 0.05) is 6.42 Å². The second kappa shape index (κ2) is 9.66. The molecule has 25 heavy (non-hydrogen) atoms. The highest BCUT2D eigenvalue weighted by Crippen LogP contribution is 2.31. The van der Waals surface area contributed by atoms with E-state index in [0.29, 0.717) is 18.1 Å². The Bertz CT molecular complexity index is 554. The fourth-order valence-electron chi connectivity index (χ4n) is 3.21. The number of carbonyl (C=O) groups is 1. The summed E-state index contributed by atoms with van der Waals surface area (Å²) in [5, 5.41) is 6.46. The van der Waals surface area contributed by atoms with Crippen LogP contribution in [0.15, 0.2) is 18.2 Å². The lowest BCUT2D eigenvalue weighted by Crippen LogP contribution is -2.30. The first-order valence-corrected chi connectivity index (χ1v) is 9.34. The zero-order chi connectivity index (χ0) is 18.2. The van der Waals surface area contributed by atoms with Crippen LogP contribution in [0.4, 0.5) is 0 Å². The summed E-state index contributed by atoms with van der Waals surface area (Å²) in [6.07, 6.45) is 4.02. The van der Waals surface area contributed by atoms with E-state index in [9.17, 15) is 4.79 Å². The van der Waals surface area contributed by atoms with E-state index in [1.807, 2.05) is 39.0 Å². The Kier molecular flexibility index (Phi) is 7.56. The topological polar surface area (TPSA) is 59.6 Å². The summed E-state index contributed by atoms with van der Waals surface area (Å²) in [4.78, 5) is 12.3. The van der Waals surface area contributed by atoms with E-state index in [-0.39, 0.29) is 18.1 Å². The van der Waals surface area contributed by atoms with Crippen molar-refractivity contribution in [3.8, 4) is 11.5 Å². The van der Waals surface area contributed by atoms with Crippen molar-refractivity contribution < 1.29 is 14.3 Å². The summed E-state index contributed by atoms with van der Waals surface area (Å²) < 4.78 is 11.2. The van der Waals surface area contributed by atoms with Crippen LogP contribution in [0.25, 0.3) is 0 Å². The fourth-order valence-corrected chi connectivity index (χ4v) is 3.21. The number of amides is 1. The number of piperidine rings is 1. The molecule has 2 N–H and O–H groups in total. The van der Waals surface area contributed by atoms with Gasteiger partial charge in [-0.15, -0.1) is 0 Å². The Morgan fingerprint density at radius 3 is 2.60 bits per heavy atom. The minimum absolute atomic E-state index is 0.0532. The Hall–Kier alpha value is -1.75. The molecule has 1 aromatic rings. The smallest absolute Gasteiger partial charge is 0.220 e. The molecule has 0 spiro atoms. The average molecular weight is 348 g/mol. The van der Waals surface area contributed by atoms with E-state index in [1.165, 1.54) is 12.8 Å². The second-order valence-electron chi connectivity index (χ2n) is 7.10. The minimum Gasteiger partial charge on any atom is -0.493 e. The van der Waals surface area contributed by atoms with Crippen molar-refractivity contribution in [2.24, 2.45) is 5.92 Å². The van der Waals surface area contributed by atoms with E-state index in [1.54, 1.807) is 7.11 Å². The maximum absolute atomic E-state index is 12.3. The number of ether oxygens (including phenoxy) is 2. The molecule has 140 valence electrons. The Labute approximate surface area is 151 Å². The van der Waals surface area contributed by atoms with Gasteiger partial charge in [-0.1, -0.05) is 6.07 Å². The van der Waals surface area contributed by atoms with Gasteiger partial charge in [0.05, 0.1) is 19.3 Å². The second-order valence-corrected chi connectivity index (χ2v) is 7.10. The van der Waals surface area contributed by atoms with E-state index in [0.717, 1.165) is 30.8 Å². The molecule has 1 aromatic carbocycles. The van der Waals surface area contributed by atoms with Gasteiger partial charge in [0.25, 0.3) is 0 Å². The first-order chi connectivity index (χ1) is 12.0. The summed E-state index contributed by atoms with van der Waals surface area (Å²) in [5.41, 5.74) is 1.02. The summed E-state index contributed by atoms with van der Waals surface area (Å²) in [6, 6.07) is 5.78. The molecule has 0 saturated carbocycles. The number of rotatable bonds is 8. The van der Waals surface area contributed by atoms with Crippen LogP contribution in [-0.2, 0) is 4.79 Å². The molecule has 0 bridgehead atoms. The van der Waals surface area contributed by atoms with E-state index in [2.05, 4.69) is 10.6 Å². The van der Waals surface area contributed by atoms with Gasteiger partial charge >= 0.3 is 0 Å². The maximum Gasteiger partial charge on any atom is 0.220 e. The van der Waals surface area contributed by atoms with Gasteiger partial charge in [-0.3, -0.25) is 4.79 Å². The zero-order valence-electron chi connectivity index (χ0n) is 15.9. The van der Waals surface area contributed by atoms with E-state index >= 15 is 0 Å². The molecule has 1 aliphatic rings. The Morgan fingerprint density at radius 2 is 1.96 bits per heavy atom. The number of hydrogen-bond acceptors (Lipinski definition) is 4. The van der Waals surface area contributed by atoms with Gasteiger partial charge in [-0.2, -0.15) is 0 Å².